The van der Waals surface area contributed by atoms with Gasteiger partial charge in [-0.25, -0.2) is 14.4 Å². The average molecular weight is 538 g/mol. The second-order valence-corrected chi connectivity index (χ2v) is 10.3. The summed E-state index contributed by atoms with van der Waals surface area (Å²) < 4.78 is 61.3. The van der Waals surface area contributed by atoms with Gasteiger partial charge in [-0.3, -0.25) is 9.47 Å². The number of alkyl halides is 4. The Bertz CT molecular complexity index is 1300. The van der Waals surface area contributed by atoms with Crippen molar-refractivity contribution in [3.8, 4) is 5.69 Å². The number of piperidine rings is 1. The van der Waals surface area contributed by atoms with Gasteiger partial charge in [-0.15, -0.1) is 10.2 Å². The van der Waals surface area contributed by atoms with Gasteiger partial charge in [0.05, 0.1) is 25.4 Å². The molecule has 5 heterocycles. The van der Waals surface area contributed by atoms with Crippen LogP contribution in [-0.2, 0) is 24.0 Å². The Balaban J connectivity index is 1.25. The summed E-state index contributed by atoms with van der Waals surface area (Å²) in [4.78, 5) is 11.6. The van der Waals surface area contributed by atoms with Crippen LogP contribution in [0, 0.1) is 0 Å². The monoisotopic (exact) mass is 537 g/mol. The molecule has 8 nitrogen and oxygen atoms in total. The molecule has 1 aromatic carbocycles. The second kappa shape index (κ2) is 9.17. The molecule has 3 aliphatic heterocycles. The third-order valence-corrected chi connectivity index (χ3v) is 7.34. The van der Waals surface area contributed by atoms with Crippen molar-refractivity contribution in [3.05, 3.63) is 58.4 Å². The van der Waals surface area contributed by atoms with Gasteiger partial charge in [-0.1, -0.05) is 11.6 Å². The first-order valence-electron chi connectivity index (χ1n) is 12.1. The Labute approximate surface area is 215 Å². The van der Waals surface area contributed by atoms with E-state index in [2.05, 4.69) is 20.2 Å². The Hall–Kier alpha value is -2.83. The van der Waals surface area contributed by atoms with Gasteiger partial charge >= 0.3 is 6.18 Å². The third-order valence-electron chi connectivity index (χ3n) is 7.10. The summed E-state index contributed by atoms with van der Waals surface area (Å²) in [6, 6.07) is 6.50. The van der Waals surface area contributed by atoms with Crippen molar-refractivity contribution in [1.29, 1.82) is 0 Å². The predicted molar refractivity (Wildman–Crippen MR) is 126 cm³/mol. The quantitative estimate of drug-likeness (QED) is 0.463. The van der Waals surface area contributed by atoms with Gasteiger partial charge in [0.25, 0.3) is 0 Å². The Morgan fingerprint density at radius 3 is 2.57 bits per heavy atom. The maximum Gasteiger partial charge on any atom is 0.433 e. The van der Waals surface area contributed by atoms with Gasteiger partial charge < -0.3 is 9.64 Å². The molecule has 0 unspecified atom stereocenters. The summed E-state index contributed by atoms with van der Waals surface area (Å²) in [6.45, 7) is 2.28. The molecule has 0 radical (unpaired) electrons. The van der Waals surface area contributed by atoms with E-state index in [9.17, 15) is 17.6 Å². The van der Waals surface area contributed by atoms with Crippen LogP contribution in [-0.4, -0.2) is 68.1 Å². The van der Waals surface area contributed by atoms with Crippen LogP contribution in [0.3, 0.4) is 0 Å². The lowest BCUT2D eigenvalue weighted by atomic mass is 9.95. The molecule has 0 aliphatic carbocycles. The van der Waals surface area contributed by atoms with Crippen LogP contribution >= 0.6 is 11.6 Å². The summed E-state index contributed by atoms with van der Waals surface area (Å²) >= 11 is 6.31. The van der Waals surface area contributed by atoms with E-state index >= 15 is 0 Å². The number of aromatic nitrogens is 5. The number of hydrogen-bond donors (Lipinski definition) is 0. The molecular weight excluding hydrogens is 514 g/mol. The molecule has 0 amide bonds. The van der Waals surface area contributed by atoms with Gasteiger partial charge in [0.2, 0.25) is 5.95 Å². The summed E-state index contributed by atoms with van der Waals surface area (Å²) in [6.07, 6.45) is -2.09. The summed E-state index contributed by atoms with van der Waals surface area (Å²) in [5.74, 6) is 1.60. The molecule has 0 atom stereocenters. The highest BCUT2D eigenvalue weighted by Crippen LogP contribution is 2.36. The number of halogens is 5. The van der Waals surface area contributed by atoms with E-state index in [1.807, 2.05) is 27.7 Å². The van der Waals surface area contributed by atoms with E-state index < -0.39 is 17.5 Å². The van der Waals surface area contributed by atoms with Crippen molar-refractivity contribution in [1.82, 2.24) is 29.6 Å². The highest BCUT2D eigenvalue weighted by molar-refractivity contribution is 6.30. The zero-order valence-electron chi connectivity index (χ0n) is 19.8. The molecule has 3 aromatic rings. The average Bonchev–Trinajstić information content (AvgIpc) is 3.19. The van der Waals surface area contributed by atoms with Gasteiger partial charge in [0.15, 0.2) is 11.5 Å². The normalized spacial score (nSPS) is 20.2. The molecule has 0 N–H and O–H groups in total. The molecule has 13 heteroatoms. The first-order valence-corrected chi connectivity index (χ1v) is 12.4. The molecule has 6 rings (SSSR count). The van der Waals surface area contributed by atoms with Crippen LogP contribution in [0.15, 0.2) is 30.5 Å². The van der Waals surface area contributed by atoms with E-state index in [0.717, 1.165) is 29.3 Å². The highest BCUT2D eigenvalue weighted by Gasteiger charge is 2.41. The van der Waals surface area contributed by atoms with E-state index in [-0.39, 0.29) is 31.6 Å². The Morgan fingerprint density at radius 1 is 1.08 bits per heavy atom. The van der Waals surface area contributed by atoms with Gasteiger partial charge in [-0.2, -0.15) is 13.2 Å². The van der Waals surface area contributed by atoms with Crippen molar-refractivity contribution >= 4 is 17.5 Å². The van der Waals surface area contributed by atoms with Crippen molar-refractivity contribution in [2.24, 2.45) is 0 Å². The predicted octanol–water partition coefficient (Wildman–Crippen LogP) is 4.17. The summed E-state index contributed by atoms with van der Waals surface area (Å²) in [7, 11) is 0. The number of rotatable bonds is 4. The lowest BCUT2D eigenvalue weighted by Gasteiger charge is -2.37. The fourth-order valence-corrected chi connectivity index (χ4v) is 5.47. The molecule has 2 fully saturated rings. The zero-order chi connectivity index (χ0) is 25.8. The van der Waals surface area contributed by atoms with Crippen LogP contribution in [0.25, 0.3) is 5.69 Å². The molecular formula is C24H24ClF4N7O. The van der Waals surface area contributed by atoms with Crippen LogP contribution < -0.4 is 4.90 Å². The molecule has 0 bridgehead atoms. The first-order chi connectivity index (χ1) is 17.7. The van der Waals surface area contributed by atoms with Crippen molar-refractivity contribution < 1.29 is 22.3 Å². The number of anilines is 1. The molecule has 3 aliphatic rings. The van der Waals surface area contributed by atoms with Crippen molar-refractivity contribution in [2.45, 2.75) is 43.7 Å². The largest absolute Gasteiger partial charge is 0.433 e. The number of nitrogens with zero attached hydrogens (tertiary/aromatic N) is 7. The highest BCUT2D eigenvalue weighted by atomic mass is 35.5. The number of benzene rings is 1. The maximum atomic E-state index is 14.9. The summed E-state index contributed by atoms with van der Waals surface area (Å²) in [5, 5.41) is 9.60. The minimum atomic E-state index is -4.52. The molecule has 2 aromatic heterocycles. The fourth-order valence-electron chi connectivity index (χ4n) is 5.28. The summed E-state index contributed by atoms with van der Waals surface area (Å²) in [5.41, 5.74) is -0.477. The minimum absolute atomic E-state index is 0.0333. The molecule has 0 saturated carbocycles. The van der Waals surface area contributed by atoms with E-state index in [1.165, 1.54) is 0 Å². The van der Waals surface area contributed by atoms with Crippen LogP contribution in [0.4, 0.5) is 23.5 Å². The number of ether oxygens (including phenoxy) is 1. The lowest BCUT2D eigenvalue weighted by molar-refractivity contribution is -0.142. The standard InChI is InChI=1S/C24H24ClF4N7O/c25-17-1-2-18-16(9-17)10-34(12-23(26)13-37-14-23)11-20-32-33-21(36(18)20)15-4-7-35(8-5-15)22-30-6-3-19(31-22)24(27,28)29/h1-3,6,9,15H,4-5,7-8,10-14H2. The Kier molecular flexibility index (Phi) is 6.08. The smallest absolute Gasteiger partial charge is 0.375 e. The van der Waals surface area contributed by atoms with E-state index in [1.54, 1.807) is 4.90 Å². The zero-order valence-corrected chi connectivity index (χ0v) is 20.5. The van der Waals surface area contributed by atoms with E-state index in [0.29, 0.717) is 49.9 Å². The van der Waals surface area contributed by atoms with Gasteiger partial charge in [-0.05, 0) is 42.7 Å². The maximum absolute atomic E-state index is 14.9. The Morgan fingerprint density at radius 2 is 1.86 bits per heavy atom. The molecule has 2 saturated heterocycles. The third kappa shape index (κ3) is 4.77. The minimum Gasteiger partial charge on any atom is -0.375 e. The fraction of sp³-hybridized carbons (Fsp3) is 0.500. The van der Waals surface area contributed by atoms with E-state index in [4.69, 9.17) is 16.3 Å². The molecule has 37 heavy (non-hydrogen) atoms. The number of fused-ring (bicyclic) bond motifs is 3. The second-order valence-electron chi connectivity index (χ2n) is 9.87. The van der Waals surface area contributed by atoms with Gasteiger partial charge in [0, 0.05) is 43.3 Å². The number of hydrogen-bond acceptors (Lipinski definition) is 7. The molecule has 0 spiro atoms. The molecule has 196 valence electrons. The first kappa shape index (κ1) is 24.5. The van der Waals surface area contributed by atoms with Gasteiger partial charge in [0.1, 0.15) is 11.5 Å². The SMILES string of the molecule is FC1(CN2Cc3cc(Cl)ccc3-n3c(nnc3C3CCN(c4nccc(C(F)(F)F)n4)CC3)C2)COC1. The van der Waals surface area contributed by atoms with Crippen molar-refractivity contribution in [2.75, 3.05) is 37.7 Å². The van der Waals surface area contributed by atoms with Crippen LogP contribution in [0.1, 0.15) is 41.7 Å². The van der Waals surface area contributed by atoms with Crippen molar-refractivity contribution in [3.63, 3.8) is 0 Å². The lowest BCUT2D eigenvalue weighted by Crippen LogP contribution is -2.53. The van der Waals surface area contributed by atoms with Crippen LogP contribution in [0.5, 0.6) is 0 Å². The topological polar surface area (TPSA) is 72.2 Å². The van der Waals surface area contributed by atoms with Crippen LogP contribution in [0.2, 0.25) is 5.02 Å².